The van der Waals surface area contributed by atoms with Crippen molar-refractivity contribution < 1.29 is 22.7 Å². The largest absolute Gasteiger partial charge is 0.415 e. The Kier molecular flexibility index (Phi) is 9.81. The second-order valence-corrected chi connectivity index (χ2v) is 8.04. The number of para-hydroxylation sites is 1. The maximum absolute atomic E-state index is 14.2. The van der Waals surface area contributed by atoms with Gasteiger partial charge in [-0.25, -0.2) is 14.2 Å². The number of anilines is 2. The molecule has 1 fully saturated rings. The Morgan fingerprint density at radius 1 is 1.12 bits per heavy atom. The van der Waals surface area contributed by atoms with E-state index in [4.69, 9.17) is 0 Å². The van der Waals surface area contributed by atoms with Crippen LogP contribution in [0.1, 0.15) is 82.9 Å². The number of aromatic nitrogens is 1. The van der Waals surface area contributed by atoms with Crippen LogP contribution in [0.5, 0.6) is 5.88 Å². The van der Waals surface area contributed by atoms with E-state index >= 15 is 0 Å². The molecule has 0 atom stereocenters. The van der Waals surface area contributed by atoms with E-state index < -0.39 is 24.3 Å². The number of amides is 2. The van der Waals surface area contributed by atoms with Gasteiger partial charge in [0.15, 0.2) is 0 Å². The van der Waals surface area contributed by atoms with Gasteiger partial charge >= 0.3 is 12.6 Å². The number of nitrogens with one attached hydrogen (secondary N) is 2. The van der Waals surface area contributed by atoms with Crippen LogP contribution in [0, 0.1) is 5.82 Å². The quantitative estimate of drug-likeness (QED) is 0.433. The molecule has 1 aliphatic carbocycles. The molecule has 176 valence electrons. The van der Waals surface area contributed by atoms with Crippen LogP contribution in [0.15, 0.2) is 30.3 Å². The van der Waals surface area contributed by atoms with Gasteiger partial charge in [0.2, 0.25) is 5.88 Å². The Hall–Kier alpha value is -2.77. The van der Waals surface area contributed by atoms with Gasteiger partial charge in [-0.15, -0.1) is 0 Å². The highest BCUT2D eigenvalue weighted by Crippen LogP contribution is 2.42. The summed E-state index contributed by atoms with van der Waals surface area (Å²) in [6.45, 7) is 5.24. The lowest BCUT2D eigenvalue weighted by Gasteiger charge is -2.16. The summed E-state index contributed by atoms with van der Waals surface area (Å²) in [5, 5.41) is 4.99. The number of unbranched alkanes of at least 4 members (excludes halogenated alkanes) is 2. The molecule has 1 heterocycles. The van der Waals surface area contributed by atoms with Crippen molar-refractivity contribution in [2.24, 2.45) is 0 Å². The lowest BCUT2D eigenvalue weighted by Crippen LogP contribution is -2.22. The van der Waals surface area contributed by atoms with Crippen LogP contribution in [-0.2, 0) is 0 Å². The van der Waals surface area contributed by atoms with Crippen molar-refractivity contribution in [2.75, 3.05) is 10.6 Å². The molecule has 2 N–H and O–H groups in total. The molecule has 1 aromatic carbocycles. The lowest BCUT2D eigenvalue weighted by atomic mass is 10.0. The molecule has 0 spiro atoms. The highest BCUT2D eigenvalue weighted by molar-refractivity contribution is 6.01. The van der Waals surface area contributed by atoms with Gasteiger partial charge in [0, 0.05) is 17.7 Å². The van der Waals surface area contributed by atoms with Crippen LogP contribution < -0.4 is 15.4 Å². The number of nitrogens with zero attached hydrogens (tertiary/aromatic N) is 1. The number of benzene rings is 1. The molecule has 1 aliphatic rings. The van der Waals surface area contributed by atoms with Crippen molar-refractivity contribution in [1.29, 1.82) is 0 Å². The summed E-state index contributed by atoms with van der Waals surface area (Å²) in [4.78, 5) is 16.2. The zero-order valence-electron chi connectivity index (χ0n) is 19.1. The average molecular weight is 452 g/mol. The van der Waals surface area contributed by atoms with Crippen molar-refractivity contribution in [2.45, 2.75) is 78.2 Å². The summed E-state index contributed by atoms with van der Waals surface area (Å²) in [5.74, 6) is -1.08. The van der Waals surface area contributed by atoms with E-state index in [1.54, 1.807) is 12.1 Å². The van der Waals surface area contributed by atoms with Crippen molar-refractivity contribution >= 4 is 17.4 Å². The molecule has 0 saturated heterocycles. The second-order valence-electron chi connectivity index (χ2n) is 8.04. The van der Waals surface area contributed by atoms with Crippen molar-refractivity contribution in [1.82, 2.24) is 4.98 Å². The van der Waals surface area contributed by atoms with E-state index in [-0.39, 0.29) is 23.2 Å². The van der Waals surface area contributed by atoms with Crippen LogP contribution >= 0.6 is 0 Å². The molecular formula is C24H32F3N3O2. The summed E-state index contributed by atoms with van der Waals surface area (Å²) in [7, 11) is 0. The molecule has 2 aromatic rings. The van der Waals surface area contributed by atoms with Gasteiger partial charge in [-0.05, 0) is 30.4 Å². The van der Waals surface area contributed by atoms with Crippen LogP contribution in [0.25, 0.3) is 0 Å². The number of alkyl halides is 2. The Bertz CT molecular complexity index is 885. The summed E-state index contributed by atoms with van der Waals surface area (Å²) in [5.41, 5.74) is 1.31. The molecule has 1 saturated carbocycles. The summed E-state index contributed by atoms with van der Waals surface area (Å²) in [6, 6.07) is 7.47. The highest BCUT2D eigenvalue weighted by atomic mass is 19.3. The Balaban J connectivity index is 0.000000654. The number of hydrogen-bond acceptors (Lipinski definition) is 3. The SMILES string of the molecule is CC(C)c1ccccc1NC(=O)Nc1cc(F)c(C2CC2)nc1OC(F)F.CCCCC. The molecule has 5 nitrogen and oxygen atoms in total. The van der Waals surface area contributed by atoms with E-state index in [9.17, 15) is 18.0 Å². The third kappa shape index (κ3) is 7.73. The molecular weight excluding hydrogens is 419 g/mol. The molecule has 0 bridgehead atoms. The first-order valence-electron chi connectivity index (χ1n) is 11.1. The molecule has 0 radical (unpaired) electrons. The number of rotatable bonds is 8. The van der Waals surface area contributed by atoms with Gasteiger partial charge in [0.05, 0.1) is 5.69 Å². The summed E-state index contributed by atoms with van der Waals surface area (Å²) >= 11 is 0. The van der Waals surface area contributed by atoms with Gasteiger partial charge < -0.3 is 15.4 Å². The number of hydrogen-bond donors (Lipinski definition) is 2. The molecule has 0 unspecified atom stereocenters. The monoisotopic (exact) mass is 451 g/mol. The number of ether oxygens (including phenoxy) is 1. The molecule has 8 heteroatoms. The Morgan fingerprint density at radius 3 is 2.28 bits per heavy atom. The number of pyridine rings is 1. The fourth-order valence-electron chi connectivity index (χ4n) is 3.14. The van der Waals surface area contributed by atoms with E-state index in [0.717, 1.165) is 24.5 Å². The van der Waals surface area contributed by atoms with Crippen LogP contribution in [-0.4, -0.2) is 17.6 Å². The minimum Gasteiger partial charge on any atom is -0.415 e. The topological polar surface area (TPSA) is 63.2 Å². The molecule has 1 aromatic heterocycles. The van der Waals surface area contributed by atoms with Crippen molar-refractivity contribution in [3.63, 3.8) is 0 Å². The second kappa shape index (κ2) is 12.3. The van der Waals surface area contributed by atoms with Gasteiger partial charge in [-0.3, -0.25) is 0 Å². The van der Waals surface area contributed by atoms with Crippen molar-refractivity contribution in [3.8, 4) is 5.88 Å². The highest BCUT2D eigenvalue weighted by Gasteiger charge is 2.30. The predicted molar refractivity (Wildman–Crippen MR) is 121 cm³/mol. The first kappa shape index (κ1) is 25.5. The van der Waals surface area contributed by atoms with E-state index in [2.05, 4.69) is 34.2 Å². The first-order chi connectivity index (χ1) is 15.3. The number of carbonyl (C=O) groups is 1. The third-order valence-corrected chi connectivity index (χ3v) is 4.92. The molecule has 32 heavy (non-hydrogen) atoms. The Morgan fingerprint density at radius 2 is 1.75 bits per heavy atom. The maximum Gasteiger partial charge on any atom is 0.388 e. The molecule has 3 rings (SSSR count). The fourth-order valence-corrected chi connectivity index (χ4v) is 3.14. The smallest absolute Gasteiger partial charge is 0.388 e. The fraction of sp³-hybridized carbons (Fsp3) is 0.500. The van der Waals surface area contributed by atoms with E-state index in [1.807, 2.05) is 26.0 Å². The van der Waals surface area contributed by atoms with Crippen molar-refractivity contribution in [3.05, 3.63) is 47.4 Å². The minimum atomic E-state index is -3.14. The van der Waals surface area contributed by atoms with Crippen LogP contribution in [0.4, 0.5) is 29.3 Å². The molecule has 0 aliphatic heterocycles. The third-order valence-electron chi connectivity index (χ3n) is 4.92. The number of carbonyl (C=O) groups excluding carboxylic acids is 1. The van der Waals surface area contributed by atoms with E-state index in [1.165, 1.54) is 19.3 Å². The number of halogens is 3. The van der Waals surface area contributed by atoms with E-state index in [0.29, 0.717) is 5.69 Å². The van der Waals surface area contributed by atoms with Gasteiger partial charge in [-0.1, -0.05) is 65.2 Å². The molecule has 2 amide bonds. The number of urea groups is 1. The van der Waals surface area contributed by atoms with Gasteiger partial charge in [0.1, 0.15) is 11.5 Å². The van der Waals surface area contributed by atoms with Gasteiger partial charge in [0.25, 0.3) is 0 Å². The lowest BCUT2D eigenvalue weighted by molar-refractivity contribution is -0.0525. The van der Waals surface area contributed by atoms with Gasteiger partial charge in [-0.2, -0.15) is 8.78 Å². The van der Waals surface area contributed by atoms with Crippen LogP contribution in [0.3, 0.4) is 0 Å². The zero-order valence-corrected chi connectivity index (χ0v) is 19.1. The summed E-state index contributed by atoms with van der Waals surface area (Å²) in [6.07, 6.45) is 5.57. The summed E-state index contributed by atoms with van der Waals surface area (Å²) < 4.78 is 44.0. The first-order valence-corrected chi connectivity index (χ1v) is 11.1. The normalized spacial score (nSPS) is 12.9. The zero-order chi connectivity index (χ0) is 23.7. The Labute approximate surface area is 187 Å². The average Bonchev–Trinajstić information content (AvgIpc) is 3.56. The maximum atomic E-state index is 14.2. The predicted octanol–water partition coefficient (Wildman–Crippen LogP) is 7.66. The minimum absolute atomic E-state index is 0.0850. The van der Waals surface area contributed by atoms with Crippen LogP contribution in [0.2, 0.25) is 0 Å². The standard InChI is InChI=1S/C19H20F3N3O2.C5H12/c1-10(2)12-5-3-4-6-14(12)23-19(26)24-15-9-13(20)16(11-7-8-11)25-17(15)27-18(21)22;1-3-5-4-2/h3-6,9-11,18H,7-8H2,1-2H3,(H2,23,24,26);3-5H2,1-2H3.